The minimum Gasteiger partial charge on any atom is -0.394 e. The van der Waals surface area contributed by atoms with Crippen molar-refractivity contribution in [3.05, 3.63) is 0 Å². The summed E-state index contributed by atoms with van der Waals surface area (Å²) in [7, 11) is 1.60. The summed E-state index contributed by atoms with van der Waals surface area (Å²) in [5.74, 6) is -0.0632. The van der Waals surface area contributed by atoms with Crippen LogP contribution in [-0.2, 0) is 14.3 Å². The molecule has 0 saturated heterocycles. The van der Waals surface area contributed by atoms with Crippen LogP contribution in [-0.4, -0.2) is 63.7 Å². The molecule has 0 rings (SSSR count). The van der Waals surface area contributed by atoms with Gasteiger partial charge in [-0.1, -0.05) is 0 Å². The molecule has 0 bridgehead atoms. The molecule has 0 radical (unpaired) electrons. The molecule has 96 valence electrons. The summed E-state index contributed by atoms with van der Waals surface area (Å²) >= 11 is 0. The van der Waals surface area contributed by atoms with Gasteiger partial charge in [-0.25, -0.2) is 0 Å². The number of aliphatic hydroxyl groups excluding tert-OH is 1. The van der Waals surface area contributed by atoms with Crippen LogP contribution in [0.2, 0.25) is 0 Å². The van der Waals surface area contributed by atoms with Crippen molar-refractivity contribution < 1.29 is 19.4 Å². The Hall–Kier alpha value is -0.690. The van der Waals surface area contributed by atoms with Gasteiger partial charge in [0.05, 0.1) is 33.0 Å². The zero-order valence-corrected chi connectivity index (χ0v) is 9.99. The largest absolute Gasteiger partial charge is 0.394 e. The van der Waals surface area contributed by atoms with E-state index in [4.69, 9.17) is 14.6 Å². The number of methoxy groups -OCH3 is 1. The van der Waals surface area contributed by atoms with Crippen molar-refractivity contribution in [1.29, 1.82) is 0 Å². The molecule has 0 saturated carbocycles. The van der Waals surface area contributed by atoms with Gasteiger partial charge < -0.3 is 25.2 Å². The zero-order chi connectivity index (χ0) is 12.2. The smallest absolute Gasteiger partial charge is 0.234 e. The summed E-state index contributed by atoms with van der Waals surface area (Å²) in [5.41, 5.74) is 0. The van der Waals surface area contributed by atoms with E-state index in [-0.39, 0.29) is 25.1 Å². The molecule has 16 heavy (non-hydrogen) atoms. The second-order valence-corrected chi connectivity index (χ2v) is 3.44. The van der Waals surface area contributed by atoms with E-state index in [1.54, 1.807) is 7.11 Å². The first-order valence-electron chi connectivity index (χ1n) is 5.38. The van der Waals surface area contributed by atoms with Crippen LogP contribution in [0.25, 0.3) is 0 Å². The Balaban J connectivity index is 3.30. The van der Waals surface area contributed by atoms with E-state index in [0.29, 0.717) is 26.4 Å². The number of carbonyl (C=O) groups is 1. The number of amides is 1. The second-order valence-electron chi connectivity index (χ2n) is 3.44. The zero-order valence-electron chi connectivity index (χ0n) is 9.99. The number of hydrogen-bond donors (Lipinski definition) is 3. The topological polar surface area (TPSA) is 79.8 Å². The van der Waals surface area contributed by atoms with Gasteiger partial charge in [-0.3, -0.25) is 4.79 Å². The highest BCUT2D eigenvalue weighted by molar-refractivity contribution is 5.78. The lowest BCUT2D eigenvalue weighted by Gasteiger charge is -2.12. The predicted octanol–water partition coefficient (Wildman–Crippen LogP) is -1.26. The molecule has 0 aromatic heterocycles. The van der Waals surface area contributed by atoms with Gasteiger partial charge >= 0.3 is 0 Å². The SMILES string of the molecule is COCC(C)NC(=O)CNCCOCCO. The molecule has 0 aliphatic rings. The van der Waals surface area contributed by atoms with E-state index in [2.05, 4.69) is 10.6 Å². The van der Waals surface area contributed by atoms with Gasteiger partial charge in [0.15, 0.2) is 0 Å². The summed E-state index contributed by atoms with van der Waals surface area (Å²) in [6.45, 7) is 4.08. The van der Waals surface area contributed by atoms with Gasteiger partial charge in [0.25, 0.3) is 0 Å². The van der Waals surface area contributed by atoms with Gasteiger partial charge in [0, 0.05) is 19.7 Å². The monoisotopic (exact) mass is 234 g/mol. The molecule has 1 atom stereocenters. The first kappa shape index (κ1) is 15.3. The average Bonchev–Trinajstić information content (AvgIpc) is 2.23. The molecule has 0 aromatic rings. The molecular weight excluding hydrogens is 212 g/mol. The number of aliphatic hydroxyl groups is 1. The maximum atomic E-state index is 11.3. The summed E-state index contributed by atoms with van der Waals surface area (Å²) < 4.78 is 9.92. The van der Waals surface area contributed by atoms with Gasteiger partial charge in [-0.15, -0.1) is 0 Å². The lowest BCUT2D eigenvalue weighted by molar-refractivity contribution is -0.121. The highest BCUT2D eigenvalue weighted by atomic mass is 16.5. The molecule has 1 unspecified atom stereocenters. The van der Waals surface area contributed by atoms with Gasteiger partial charge in [-0.2, -0.15) is 0 Å². The maximum absolute atomic E-state index is 11.3. The maximum Gasteiger partial charge on any atom is 0.234 e. The van der Waals surface area contributed by atoms with Crippen molar-refractivity contribution in [2.75, 3.05) is 46.6 Å². The van der Waals surface area contributed by atoms with Crippen LogP contribution in [0.1, 0.15) is 6.92 Å². The van der Waals surface area contributed by atoms with Gasteiger partial charge in [-0.05, 0) is 6.92 Å². The summed E-state index contributed by atoms with van der Waals surface area (Å²) in [6.07, 6.45) is 0. The standard InChI is InChI=1S/C10H22N2O4/c1-9(8-15-2)12-10(14)7-11-3-5-16-6-4-13/h9,11,13H,3-8H2,1-2H3,(H,12,14). The molecule has 6 nitrogen and oxygen atoms in total. The average molecular weight is 234 g/mol. The quantitative estimate of drug-likeness (QED) is 0.411. The third-order valence-corrected chi connectivity index (χ3v) is 1.77. The van der Waals surface area contributed by atoms with Crippen molar-refractivity contribution >= 4 is 5.91 Å². The molecule has 0 aromatic carbocycles. The van der Waals surface area contributed by atoms with Crippen LogP contribution >= 0.6 is 0 Å². The fourth-order valence-corrected chi connectivity index (χ4v) is 1.13. The van der Waals surface area contributed by atoms with Crippen LogP contribution in [0.4, 0.5) is 0 Å². The predicted molar refractivity (Wildman–Crippen MR) is 60.3 cm³/mol. The highest BCUT2D eigenvalue weighted by Gasteiger charge is 2.05. The number of carbonyl (C=O) groups excluding carboxylic acids is 1. The molecule has 3 N–H and O–H groups in total. The summed E-state index contributed by atoms with van der Waals surface area (Å²) in [5, 5.41) is 14.1. The van der Waals surface area contributed by atoms with Gasteiger partial charge in [0.2, 0.25) is 5.91 Å². The first-order valence-corrected chi connectivity index (χ1v) is 5.38. The first-order chi connectivity index (χ1) is 7.70. The van der Waals surface area contributed by atoms with Gasteiger partial charge in [0.1, 0.15) is 0 Å². The lowest BCUT2D eigenvalue weighted by atomic mass is 10.3. The lowest BCUT2D eigenvalue weighted by Crippen LogP contribution is -2.41. The molecule has 0 aliphatic heterocycles. The second kappa shape index (κ2) is 10.8. The normalized spacial score (nSPS) is 12.4. The van der Waals surface area contributed by atoms with Crippen LogP contribution in [0.3, 0.4) is 0 Å². The van der Waals surface area contributed by atoms with E-state index < -0.39 is 0 Å². The Morgan fingerprint density at radius 1 is 1.44 bits per heavy atom. The molecule has 0 spiro atoms. The summed E-state index contributed by atoms with van der Waals surface area (Å²) in [4.78, 5) is 11.3. The van der Waals surface area contributed by atoms with E-state index in [0.717, 1.165) is 0 Å². The van der Waals surface area contributed by atoms with Crippen molar-refractivity contribution in [3.8, 4) is 0 Å². The van der Waals surface area contributed by atoms with E-state index in [1.165, 1.54) is 0 Å². The van der Waals surface area contributed by atoms with Crippen molar-refractivity contribution in [2.24, 2.45) is 0 Å². The molecule has 0 heterocycles. The molecule has 0 aliphatic carbocycles. The van der Waals surface area contributed by atoms with Crippen molar-refractivity contribution in [1.82, 2.24) is 10.6 Å². The van der Waals surface area contributed by atoms with Crippen molar-refractivity contribution in [2.45, 2.75) is 13.0 Å². The highest BCUT2D eigenvalue weighted by Crippen LogP contribution is 1.81. The number of hydrogen-bond acceptors (Lipinski definition) is 5. The van der Waals surface area contributed by atoms with E-state index >= 15 is 0 Å². The number of rotatable bonds is 10. The Labute approximate surface area is 96.3 Å². The van der Waals surface area contributed by atoms with Crippen molar-refractivity contribution in [3.63, 3.8) is 0 Å². The molecule has 1 amide bonds. The molecule has 6 heteroatoms. The summed E-state index contributed by atoms with van der Waals surface area (Å²) in [6, 6.07) is 0.0185. The fourth-order valence-electron chi connectivity index (χ4n) is 1.13. The minimum atomic E-state index is -0.0632. The fraction of sp³-hybridized carbons (Fsp3) is 0.900. The Kier molecular flexibility index (Phi) is 10.3. The van der Waals surface area contributed by atoms with E-state index in [1.807, 2.05) is 6.92 Å². The Bertz CT molecular complexity index is 178. The van der Waals surface area contributed by atoms with Crippen LogP contribution in [0.5, 0.6) is 0 Å². The van der Waals surface area contributed by atoms with Crippen LogP contribution < -0.4 is 10.6 Å². The number of ether oxygens (including phenoxy) is 2. The van der Waals surface area contributed by atoms with Crippen LogP contribution in [0, 0.1) is 0 Å². The Morgan fingerprint density at radius 2 is 2.19 bits per heavy atom. The molecule has 0 fully saturated rings. The third-order valence-electron chi connectivity index (χ3n) is 1.77. The van der Waals surface area contributed by atoms with E-state index in [9.17, 15) is 4.79 Å². The third kappa shape index (κ3) is 9.85. The number of nitrogens with one attached hydrogen (secondary N) is 2. The molecular formula is C10H22N2O4. The van der Waals surface area contributed by atoms with Crippen LogP contribution in [0.15, 0.2) is 0 Å². The Morgan fingerprint density at radius 3 is 2.81 bits per heavy atom. The minimum absolute atomic E-state index is 0.0185.